The summed E-state index contributed by atoms with van der Waals surface area (Å²) in [7, 11) is 0. The predicted octanol–water partition coefficient (Wildman–Crippen LogP) is 1.22. The fraction of sp³-hybridized carbons (Fsp3) is 0.933. The number of rotatable bonds is 5. The molecule has 2 rings (SSSR count). The Hall–Kier alpha value is -0.610. The van der Waals surface area contributed by atoms with E-state index >= 15 is 0 Å². The average molecular weight is 267 g/mol. The molecule has 19 heavy (non-hydrogen) atoms. The highest BCUT2D eigenvalue weighted by Crippen LogP contribution is 2.15. The van der Waals surface area contributed by atoms with Gasteiger partial charge in [-0.25, -0.2) is 0 Å². The van der Waals surface area contributed by atoms with E-state index in [1.165, 1.54) is 25.9 Å². The van der Waals surface area contributed by atoms with Crippen molar-refractivity contribution in [3.63, 3.8) is 0 Å². The van der Waals surface area contributed by atoms with Gasteiger partial charge in [0.05, 0.1) is 5.92 Å². The maximum Gasteiger partial charge on any atom is 0.224 e. The molecule has 1 amide bonds. The monoisotopic (exact) mass is 267 g/mol. The van der Waals surface area contributed by atoms with Gasteiger partial charge in [-0.15, -0.1) is 0 Å². The Morgan fingerprint density at radius 2 is 2.11 bits per heavy atom. The molecule has 1 atom stereocenters. The van der Waals surface area contributed by atoms with E-state index in [0.717, 1.165) is 51.4 Å². The van der Waals surface area contributed by atoms with Crippen LogP contribution < -0.4 is 10.6 Å². The van der Waals surface area contributed by atoms with E-state index in [9.17, 15) is 4.79 Å². The highest BCUT2D eigenvalue weighted by atomic mass is 16.1. The van der Waals surface area contributed by atoms with Gasteiger partial charge >= 0.3 is 0 Å². The summed E-state index contributed by atoms with van der Waals surface area (Å²) < 4.78 is 0. The Morgan fingerprint density at radius 1 is 1.32 bits per heavy atom. The Bertz CT molecular complexity index is 269. The van der Waals surface area contributed by atoms with Crippen LogP contribution in [0.5, 0.6) is 0 Å². The number of nitrogens with zero attached hydrogens (tertiary/aromatic N) is 1. The molecule has 0 aromatic carbocycles. The van der Waals surface area contributed by atoms with Gasteiger partial charge < -0.3 is 15.5 Å². The third-order valence-electron chi connectivity index (χ3n) is 4.49. The standard InChI is InChI=1S/C15H29N3O/c1-13-5-10-18(11-6-13)9-3-8-17-15(19)14-4-2-7-16-12-14/h13-14,16H,2-12H2,1H3,(H,17,19)/t14-/m0/s1. The van der Waals surface area contributed by atoms with Crippen molar-refractivity contribution in [3.05, 3.63) is 0 Å². The Labute approximate surface area is 117 Å². The second kappa shape index (κ2) is 7.85. The molecular formula is C15H29N3O. The molecule has 0 aliphatic carbocycles. The number of carbonyl (C=O) groups is 1. The van der Waals surface area contributed by atoms with Gasteiger partial charge in [-0.05, 0) is 64.2 Å². The summed E-state index contributed by atoms with van der Waals surface area (Å²) in [4.78, 5) is 14.5. The van der Waals surface area contributed by atoms with Gasteiger partial charge in [-0.2, -0.15) is 0 Å². The second-order valence-electron chi connectivity index (χ2n) is 6.21. The molecule has 0 radical (unpaired) electrons. The number of carbonyl (C=O) groups excluding carboxylic acids is 1. The van der Waals surface area contributed by atoms with Gasteiger partial charge in [0.25, 0.3) is 0 Å². The molecule has 0 saturated carbocycles. The van der Waals surface area contributed by atoms with Crippen LogP contribution in [0.25, 0.3) is 0 Å². The van der Waals surface area contributed by atoms with Crippen LogP contribution in [0, 0.1) is 11.8 Å². The second-order valence-corrected chi connectivity index (χ2v) is 6.21. The molecule has 2 aliphatic heterocycles. The number of nitrogens with one attached hydrogen (secondary N) is 2. The fourth-order valence-corrected chi connectivity index (χ4v) is 3.02. The first kappa shape index (κ1) is 14.8. The highest BCUT2D eigenvalue weighted by Gasteiger charge is 2.20. The Kier molecular flexibility index (Phi) is 6.11. The SMILES string of the molecule is CC1CCN(CCCNC(=O)[C@H]2CCCNC2)CC1. The van der Waals surface area contributed by atoms with Crippen LogP contribution in [0.1, 0.15) is 39.0 Å². The predicted molar refractivity (Wildman–Crippen MR) is 78.1 cm³/mol. The Balaban J connectivity index is 1.52. The van der Waals surface area contributed by atoms with Crippen molar-refractivity contribution in [2.75, 3.05) is 39.3 Å². The van der Waals surface area contributed by atoms with Crippen LogP contribution >= 0.6 is 0 Å². The molecule has 2 aliphatic rings. The molecule has 2 N–H and O–H groups in total. The van der Waals surface area contributed by atoms with Crippen LogP contribution in [0.4, 0.5) is 0 Å². The van der Waals surface area contributed by atoms with Crippen LogP contribution in [-0.4, -0.2) is 50.1 Å². The van der Waals surface area contributed by atoms with Gasteiger partial charge in [-0.1, -0.05) is 6.92 Å². The largest absolute Gasteiger partial charge is 0.356 e. The minimum absolute atomic E-state index is 0.199. The van der Waals surface area contributed by atoms with Gasteiger partial charge in [0.2, 0.25) is 5.91 Å². The summed E-state index contributed by atoms with van der Waals surface area (Å²) >= 11 is 0. The van der Waals surface area contributed by atoms with Gasteiger partial charge in [0.15, 0.2) is 0 Å². The number of hydrogen-bond acceptors (Lipinski definition) is 3. The molecule has 0 aromatic rings. The first-order valence-corrected chi connectivity index (χ1v) is 7.96. The maximum absolute atomic E-state index is 11.9. The van der Waals surface area contributed by atoms with E-state index in [1.807, 2.05) is 0 Å². The van der Waals surface area contributed by atoms with Gasteiger partial charge in [-0.3, -0.25) is 4.79 Å². The fourth-order valence-electron chi connectivity index (χ4n) is 3.02. The molecule has 2 saturated heterocycles. The summed E-state index contributed by atoms with van der Waals surface area (Å²) in [5, 5.41) is 6.39. The summed E-state index contributed by atoms with van der Waals surface area (Å²) in [5.74, 6) is 1.35. The van der Waals surface area contributed by atoms with Crippen molar-refractivity contribution in [1.82, 2.24) is 15.5 Å². The summed E-state index contributed by atoms with van der Waals surface area (Å²) in [6.45, 7) is 8.71. The average Bonchev–Trinajstić information content (AvgIpc) is 2.46. The molecule has 0 aromatic heterocycles. The molecule has 4 nitrogen and oxygen atoms in total. The lowest BCUT2D eigenvalue weighted by Crippen LogP contribution is -2.41. The maximum atomic E-state index is 11.9. The zero-order valence-electron chi connectivity index (χ0n) is 12.3. The van der Waals surface area contributed by atoms with E-state index < -0.39 is 0 Å². The normalized spacial score (nSPS) is 26.3. The first-order valence-electron chi connectivity index (χ1n) is 7.96. The molecule has 4 heteroatoms. The molecule has 0 unspecified atom stereocenters. The lowest BCUT2D eigenvalue weighted by molar-refractivity contribution is -0.125. The number of hydrogen-bond donors (Lipinski definition) is 2. The Morgan fingerprint density at radius 3 is 2.79 bits per heavy atom. The summed E-state index contributed by atoms with van der Waals surface area (Å²) in [5.41, 5.74) is 0. The van der Waals surface area contributed by atoms with Crippen LogP contribution in [0.2, 0.25) is 0 Å². The third-order valence-corrected chi connectivity index (χ3v) is 4.49. The zero-order chi connectivity index (χ0) is 13.5. The first-order chi connectivity index (χ1) is 9.25. The molecular weight excluding hydrogens is 238 g/mol. The summed E-state index contributed by atoms with van der Waals surface area (Å²) in [6.07, 6.45) is 5.92. The molecule has 2 heterocycles. The smallest absolute Gasteiger partial charge is 0.224 e. The minimum Gasteiger partial charge on any atom is -0.356 e. The minimum atomic E-state index is 0.199. The lowest BCUT2D eigenvalue weighted by atomic mass is 9.98. The molecule has 0 spiro atoms. The molecule has 0 bridgehead atoms. The van der Waals surface area contributed by atoms with Crippen LogP contribution in [0.15, 0.2) is 0 Å². The van der Waals surface area contributed by atoms with Crippen molar-refractivity contribution >= 4 is 5.91 Å². The van der Waals surface area contributed by atoms with E-state index in [-0.39, 0.29) is 11.8 Å². The van der Waals surface area contributed by atoms with Crippen LogP contribution in [-0.2, 0) is 4.79 Å². The molecule has 110 valence electrons. The van der Waals surface area contributed by atoms with Crippen molar-refractivity contribution in [2.45, 2.75) is 39.0 Å². The van der Waals surface area contributed by atoms with Crippen molar-refractivity contribution in [2.24, 2.45) is 11.8 Å². The quantitative estimate of drug-likeness (QED) is 0.736. The number of likely N-dealkylation sites (tertiary alicyclic amines) is 1. The number of piperidine rings is 2. The van der Waals surface area contributed by atoms with E-state index in [4.69, 9.17) is 0 Å². The number of amides is 1. The van der Waals surface area contributed by atoms with Crippen molar-refractivity contribution in [1.29, 1.82) is 0 Å². The van der Waals surface area contributed by atoms with E-state index in [0.29, 0.717) is 0 Å². The van der Waals surface area contributed by atoms with Crippen molar-refractivity contribution in [3.8, 4) is 0 Å². The van der Waals surface area contributed by atoms with Gasteiger partial charge in [0, 0.05) is 13.1 Å². The van der Waals surface area contributed by atoms with E-state index in [1.54, 1.807) is 0 Å². The summed E-state index contributed by atoms with van der Waals surface area (Å²) in [6, 6.07) is 0. The third kappa shape index (κ3) is 5.11. The van der Waals surface area contributed by atoms with Crippen molar-refractivity contribution < 1.29 is 4.79 Å². The zero-order valence-corrected chi connectivity index (χ0v) is 12.3. The lowest BCUT2D eigenvalue weighted by Gasteiger charge is -2.30. The van der Waals surface area contributed by atoms with Crippen LogP contribution in [0.3, 0.4) is 0 Å². The highest BCUT2D eigenvalue weighted by molar-refractivity contribution is 5.78. The van der Waals surface area contributed by atoms with E-state index in [2.05, 4.69) is 22.5 Å². The topological polar surface area (TPSA) is 44.4 Å². The molecule has 2 fully saturated rings. The van der Waals surface area contributed by atoms with Gasteiger partial charge in [0.1, 0.15) is 0 Å².